The van der Waals surface area contributed by atoms with Gasteiger partial charge in [-0.15, -0.1) is 0 Å². The highest BCUT2D eigenvalue weighted by molar-refractivity contribution is 5.24. The molecule has 4 aliphatic rings. The summed E-state index contributed by atoms with van der Waals surface area (Å²) in [6, 6.07) is 11.2. The minimum atomic E-state index is 0.383. The summed E-state index contributed by atoms with van der Waals surface area (Å²) in [7, 11) is 0. The number of aliphatic hydroxyl groups is 1. The second-order valence-corrected chi connectivity index (χ2v) is 7.11. The Kier molecular flexibility index (Phi) is 2.91. The second-order valence-electron chi connectivity index (χ2n) is 7.11. The topological polar surface area (TPSA) is 20.2 Å². The van der Waals surface area contributed by atoms with E-state index >= 15 is 0 Å². The van der Waals surface area contributed by atoms with Crippen LogP contribution in [0.5, 0.6) is 0 Å². The Balaban J connectivity index is 1.68. The smallest absolute Gasteiger partial charge is 0.0433 e. The van der Waals surface area contributed by atoms with Gasteiger partial charge in [-0.3, -0.25) is 0 Å². The van der Waals surface area contributed by atoms with Crippen LogP contribution in [0.15, 0.2) is 30.3 Å². The van der Waals surface area contributed by atoms with Crippen LogP contribution >= 0.6 is 0 Å². The zero-order valence-electron chi connectivity index (χ0n) is 11.5. The number of hydrogen-bond acceptors (Lipinski definition) is 1. The lowest BCUT2D eigenvalue weighted by Crippen LogP contribution is -2.49. The molecule has 1 N–H and O–H groups in total. The lowest BCUT2D eigenvalue weighted by Gasteiger charge is -2.59. The van der Waals surface area contributed by atoms with E-state index in [4.69, 9.17) is 0 Å². The molecule has 4 bridgehead atoms. The summed E-state index contributed by atoms with van der Waals surface area (Å²) in [5, 5.41) is 9.41. The van der Waals surface area contributed by atoms with Crippen molar-refractivity contribution in [3.63, 3.8) is 0 Å². The molecule has 19 heavy (non-hydrogen) atoms. The molecule has 0 amide bonds. The molecule has 4 saturated carbocycles. The molecular weight excluding hydrogens is 232 g/mol. The molecule has 4 fully saturated rings. The molecule has 1 heteroatoms. The van der Waals surface area contributed by atoms with Gasteiger partial charge in [0.05, 0.1) is 0 Å². The van der Waals surface area contributed by atoms with Gasteiger partial charge >= 0.3 is 0 Å². The Morgan fingerprint density at radius 2 is 1.74 bits per heavy atom. The van der Waals surface area contributed by atoms with Gasteiger partial charge in [-0.1, -0.05) is 30.3 Å². The van der Waals surface area contributed by atoms with Crippen LogP contribution in [-0.2, 0) is 0 Å². The summed E-state index contributed by atoms with van der Waals surface area (Å²) < 4.78 is 0. The maximum atomic E-state index is 9.41. The molecule has 102 valence electrons. The third kappa shape index (κ3) is 1.86. The van der Waals surface area contributed by atoms with Crippen molar-refractivity contribution in [2.75, 3.05) is 6.61 Å². The second kappa shape index (κ2) is 4.63. The third-order valence-electron chi connectivity index (χ3n) is 6.25. The minimum absolute atomic E-state index is 0.383. The average Bonchev–Trinajstić information content (AvgIpc) is 2.43. The number of hydrogen-bond donors (Lipinski definition) is 1. The summed E-state index contributed by atoms with van der Waals surface area (Å²) >= 11 is 0. The van der Waals surface area contributed by atoms with Crippen LogP contribution in [-0.4, -0.2) is 11.7 Å². The lowest BCUT2D eigenvalue weighted by atomic mass is 9.46. The third-order valence-corrected chi connectivity index (χ3v) is 6.25. The lowest BCUT2D eigenvalue weighted by molar-refractivity contribution is -0.0633. The van der Waals surface area contributed by atoms with Crippen molar-refractivity contribution in [1.29, 1.82) is 0 Å². The molecule has 1 nitrogen and oxygen atoms in total. The van der Waals surface area contributed by atoms with Gasteiger partial charge in [-0.25, -0.2) is 0 Å². The Morgan fingerprint density at radius 1 is 0.947 bits per heavy atom. The Hall–Kier alpha value is -0.820. The van der Waals surface area contributed by atoms with Gasteiger partial charge in [0, 0.05) is 6.61 Å². The highest BCUT2D eigenvalue weighted by Gasteiger charge is 2.53. The van der Waals surface area contributed by atoms with Gasteiger partial charge in [-0.2, -0.15) is 0 Å². The van der Waals surface area contributed by atoms with Crippen molar-refractivity contribution >= 4 is 0 Å². The first-order valence-electron chi connectivity index (χ1n) is 8.02. The number of benzene rings is 1. The van der Waals surface area contributed by atoms with E-state index in [-0.39, 0.29) is 0 Å². The van der Waals surface area contributed by atoms with Crippen molar-refractivity contribution in [1.82, 2.24) is 0 Å². The zero-order chi connectivity index (χ0) is 12.8. The molecule has 0 radical (unpaired) electrons. The highest BCUT2D eigenvalue weighted by Crippen LogP contribution is 2.62. The summed E-state index contributed by atoms with van der Waals surface area (Å²) in [6.45, 7) is 0.383. The van der Waals surface area contributed by atoms with E-state index < -0.39 is 0 Å². The predicted molar refractivity (Wildman–Crippen MR) is 76.8 cm³/mol. The molecular formula is C18H24O. The molecule has 0 spiro atoms. The largest absolute Gasteiger partial charge is 0.396 e. The molecule has 4 aliphatic carbocycles. The molecule has 0 heterocycles. The fourth-order valence-corrected chi connectivity index (χ4v) is 5.83. The fourth-order valence-electron chi connectivity index (χ4n) is 5.83. The van der Waals surface area contributed by atoms with Crippen LogP contribution in [0.1, 0.15) is 43.6 Å². The number of rotatable bonds is 3. The van der Waals surface area contributed by atoms with Crippen LogP contribution in [0, 0.1) is 29.6 Å². The summed E-state index contributed by atoms with van der Waals surface area (Å²) in [5.74, 6) is 5.29. The van der Waals surface area contributed by atoms with Crippen LogP contribution < -0.4 is 0 Å². The van der Waals surface area contributed by atoms with E-state index in [2.05, 4.69) is 30.3 Å². The van der Waals surface area contributed by atoms with Gasteiger partial charge in [0.25, 0.3) is 0 Å². The maximum Gasteiger partial charge on any atom is 0.0433 e. The molecule has 0 saturated heterocycles. The van der Waals surface area contributed by atoms with Crippen molar-refractivity contribution in [3.05, 3.63) is 35.9 Å². The van der Waals surface area contributed by atoms with Crippen molar-refractivity contribution < 1.29 is 5.11 Å². The summed E-state index contributed by atoms with van der Waals surface area (Å²) in [5.41, 5.74) is 1.57. The normalized spacial score (nSPS) is 43.6. The molecule has 5 rings (SSSR count). The molecule has 1 aromatic carbocycles. The van der Waals surface area contributed by atoms with Gasteiger partial charge in [-0.05, 0) is 73.2 Å². The quantitative estimate of drug-likeness (QED) is 0.871. The van der Waals surface area contributed by atoms with Gasteiger partial charge < -0.3 is 5.11 Å². The fraction of sp³-hybridized carbons (Fsp3) is 0.667. The van der Waals surface area contributed by atoms with E-state index in [1.54, 1.807) is 5.56 Å². The monoisotopic (exact) mass is 256 g/mol. The molecule has 6 unspecified atom stereocenters. The first-order chi connectivity index (χ1) is 9.36. The Labute approximate surface area is 116 Å². The summed E-state index contributed by atoms with van der Waals surface area (Å²) in [6.07, 6.45) is 6.82. The average molecular weight is 256 g/mol. The minimum Gasteiger partial charge on any atom is -0.396 e. The van der Waals surface area contributed by atoms with Crippen LogP contribution in [0.25, 0.3) is 0 Å². The van der Waals surface area contributed by atoms with Crippen molar-refractivity contribution in [3.8, 4) is 0 Å². The maximum absolute atomic E-state index is 9.41. The van der Waals surface area contributed by atoms with E-state index in [0.717, 1.165) is 41.9 Å². The predicted octanol–water partition coefficient (Wildman–Crippen LogP) is 3.83. The van der Waals surface area contributed by atoms with Gasteiger partial charge in [0.2, 0.25) is 0 Å². The molecule has 6 atom stereocenters. The van der Waals surface area contributed by atoms with E-state index in [1.165, 1.54) is 25.7 Å². The number of aliphatic hydroxyl groups excluding tert-OH is 1. The van der Waals surface area contributed by atoms with E-state index in [0.29, 0.717) is 6.61 Å². The Morgan fingerprint density at radius 3 is 2.53 bits per heavy atom. The van der Waals surface area contributed by atoms with Gasteiger partial charge in [0.15, 0.2) is 0 Å². The van der Waals surface area contributed by atoms with E-state index in [1.807, 2.05) is 0 Å². The van der Waals surface area contributed by atoms with E-state index in [9.17, 15) is 5.11 Å². The first kappa shape index (κ1) is 12.0. The standard InChI is InChI=1S/C18H24O/c19-7-6-16-14-8-12-9-15(11-14)18(17(16)10-12)13-4-2-1-3-5-13/h1-5,12,14-19H,6-11H2. The first-order valence-corrected chi connectivity index (χ1v) is 8.02. The van der Waals surface area contributed by atoms with Crippen LogP contribution in [0.2, 0.25) is 0 Å². The van der Waals surface area contributed by atoms with Crippen molar-refractivity contribution in [2.24, 2.45) is 29.6 Å². The molecule has 1 aromatic rings. The summed E-state index contributed by atoms with van der Waals surface area (Å²) in [4.78, 5) is 0. The Bertz CT molecular complexity index is 440. The molecule has 0 aromatic heterocycles. The SMILES string of the molecule is OCCC1C2CC3CC(C2)C(c2ccccc2)C1C3. The van der Waals surface area contributed by atoms with Crippen LogP contribution in [0.3, 0.4) is 0 Å². The van der Waals surface area contributed by atoms with Crippen molar-refractivity contribution in [2.45, 2.75) is 38.0 Å². The van der Waals surface area contributed by atoms with Gasteiger partial charge in [0.1, 0.15) is 0 Å². The molecule has 0 aliphatic heterocycles. The highest BCUT2D eigenvalue weighted by atomic mass is 16.3. The zero-order valence-corrected chi connectivity index (χ0v) is 11.5. The van der Waals surface area contributed by atoms with Crippen LogP contribution in [0.4, 0.5) is 0 Å².